The number of aliphatic hydroxyl groups excluding tert-OH is 2. The van der Waals surface area contributed by atoms with E-state index < -0.39 is 6.03 Å². The van der Waals surface area contributed by atoms with Gasteiger partial charge in [-0.15, -0.1) is 0 Å². The molecule has 0 atom stereocenters. The molecule has 0 spiro atoms. The molecule has 2 amide bonds. The largest absolute Gasteiger partial charge is 0.494 e. The van der Waals surface area contributed by atoms with Crippen LogP contribution < -0.4 is 16.8 Å². The highest BCUT2D eigenvalue weighted by atomic mass is 16.3. The molecule has 0 unspecified atom stereocenters. The van der Waals surface area contributed by atoms with Gasteiger partial charge >= 0.3 is 6.03 Å². The minimum Gasteiger partial charge on any atom is -0.494 e. The van der Waals surface area contributed by atoms with Crippen molar-refractivity contribution in [3.05, 3.63) is 41.6 Å². The van der Waals surface area contributed by atoms with Crippen LogP contribution in [0.3, 0.4) is 0 Å². The normalized spacial score (nSPS) is 20.1. The first-order chi connectivity index (χ1) is 13.0. The fourth-order valence-corrected chi connectivity index (χ4v) is 2.99. The number of aliphatic hydroxyl groups is 2. The molecule has 0 radical (unpaired) electrons. The molecule has 0 bridgehead atoms. The second kappa shape index (κ2) is 7.96. The number of nitrogens with one attached hydrogen (secondary N) is 1. The summed E-state index contributed by atoms with van der Waals surface area (Å²) in [6.07, 6.45) is 8.52. The molecule has 10 heteroatoms. The van der Waals surface area contributed by atoms with Gasteiger partial charge in [0.15, 0.2) is 5.88 Å². The Morgan fingerprint density at radius 2 is 2.07 bits per heavy atom. The summed E-state index contributed by atoms with van der Waals surface area (Å²) < 4.78 is 1.43. The summed E-state index contributed by atoms with van der Waals surface area (Å²) in [6.45, 7) is 1.74. The molecule has 1 aliphatic heterocycles. The molecule has 2 heterocycles. The number of allylic oxidation sites excluding steroid dienone is 4. The number of primary amides is 1. The van der Waals surface area contributed by atoms with Gasteiger partial charge in [0.2, 0.25) is 0 Å². The fourth-order valence-electron chi connectivity index (χ4n) is 2.99. The van der Waals surface area contributed by atoms with Crippen LogP contribution in [0.25, 0.3) is 0 Å². The number of nitrogen functional groups attached to an aromatic ring is 1. The van der Waals surface area contributed by atoms with Crippen molar-refractivity contribution in [2.24, 2.45) is 10.7 Å². The van der Waals surface area contributed by atoms with Gasteiger partial charge in [-0.05, 0) is 31.1 Å². The van der Waals surface area contributed by atoms with E-state index in [1.165, 1.54) is 10.9 Å². The molecule has 0 aromatic carbocycles. The van der Waals surface area contributed by atoms with E-state index in [1.807, 2.05) is 4.90 Å². The van der Waals surface area contributed by atoms with Crippen LogP contribution in [-0.4, -0.2) is 56.3 Å². The Labute approximate surface area is 156 Å². The van der Waals surface area contributed by atoms with Gasteiger partial charge in [-0.25, -0.2) is 14.5 Å². The highest BCUT2D eigenvalue weighted by Crippen LogP contribution is 2.25. The summed E-state index contributed by atoms with van der Waals surface area (Å²) in [5.41, 5.74) is 13.0. The molecule has 144 valence electrons. The molecular formula is C17H23N7O3. The number of likely N-dealkylation sites (tertiary alicyclic amines) is 1. The Kier molecular flexibility index (Phi) is 5.46. The number of aromatic nitrogens is 2. The lowest BCUT2D eigenvalue weighted by Gasteiger charge is -2.20. The van der Waals surface area contributed by atoms with Crippen molar-refractivity contribution in [3.8, 4) is 0 Å². The molecule has 1 aromatic rings. The smallest absolute Gasteiger partial charge is 0.316 e. The Morgan fingerprint density at radius 3 is 2.74 bits per heavy atom. The number of amides is 2. The quantitative estimate of drug-likeness (QED) is 0.474. The van der Waals surface area contributed by atoms with Gasteiger partial charge in [-0.1, -0.05) is 0 Å². The Balaban J connectivity index is 1.94. The van der Waals surface area contributed by atoms with Crippen molar-refractivity contribution in [3.63, 3.8) is 0 Å². The maximum atomic E-state index is 11.4. The summed E-state index contributed by atoms with van der Waals surface area (Å²) in [5, 5.41) is 26.1. The van der Waals surface area contributed by atoms with Crippen molar-refractivity contribution >= 4 is 23.2 Å². The van der Waals surface area contributed by atoms with E-state index >= 15 is 0 Å². The number of hydrogen-bond donors (Lipinski definition) is 5. The SMILES string of the molecule is NC(=O)NC1=CC(=C(O)N2CCCC2)C=CC1=Nc1cnn(CCO)c1N. The third-order valence-electron chi connectivity index (χ3n) is 4.33. The predicted molar refractivity (Wildman–Crippen MR) is 101 cm³/mol. The van der Waals surface area contributed by atoms with Crippen molar-refractivity contribution in [1.29, 1.82) is 0 Å². The van der Waals surface area contributed by atoms with Crippen LogP contribution >= 0.6 is 0 Å². The maximum absolute atomic E-state index is 11.4. The van der Waals surface area contributed by atoms with Crippen LogP contribution in [0.4, 0.5) is 16.3 Å². The lowest BCUT2D eigenvalue weighted by atomic mass is 10.0. The van der Waals surface area contributed by atoms with E-state index in [2.05, 4.69) is 15.4 Å². The first-order valence-corrected chi connectivity index (χ1v) is 8.65. The number of aliphatic imine (C=N–C) groups is 1. The highest BCUT2D eigenvalue weighted by molar-refractivity contribution is 6.13. The molecule has 0 saturated carbocycles. The lowest BCUT2D eigenvalue weighted by molar-refractivity contribution is 0.230. The first-order valence-electron chi connectivity index (χ1n) is 8.65. The minimum atomic E-state index is -0.742. The molecule has 2 aliphatic rings. The maximum Gasteiger partial charge on any atom is 0.316 e. The zero-order chi connectivity index (χ0) is 19.4. The van der Waals surface area contributed by atoms with Gasteiger partial charge in [-0.3, -0.25) is 0 Å². The number of anilines is 1. The molecular weight excluding hydrogens is 350 g/mol. The van der Waals surface area contributed by atoms with E-state index in [0.29, 0.717) is 28.5 Å². The third kappa shape index (κ3) is 4.11. The second-order valence-corrected chi connectivity index (χ2v) is 6.21. The van der Waals surface area contributed by atoms with E-state index in [1.54, 1.807) is 18.2 Å². The zero-order valence-electron chi connectivity index (χ0n) is 14.8. The number of rotatable bonds is 5. The van der Waals surface area contributed by atoms with Gasteiger partial charge in [0.1, 0.15) is 11.5 Å². The van der Waals surface area contributed by atoms with E-state index in [-0.39, 0.29) is 19.0 Å². The molecule has 1 aliphatic carbocycles. The Hall–Kier alpha value is -3.27. The molecule has 10 nitrogen and oxygen atoms in total. The summed E-state index contributed by atoms with van der Waals surface area (Å²) in [7, 11) is 0. The predicted octanol–water partition coefficient (Wildman–Crippen LogP) is 0.517. The van der Waals surface area contributed by atoms with E-state index in [9.17, 15) is 9.90 Å². The minimum absolute atomic E-state index is 0.0971. The summed E-state index contributed by atoms with van der Waals surface area (Å²) in [5.74, 6) is 0.450. The zero-order valence-corrected chi connectivity index (χ0v) is 14.8. The number of nitrogens with zero attached hydrogens (tertiary/aromatic N) is 4. The average Bonchev–Trinajstić information content (AvgIpc) is 3.28. The molecule has 7 N–H and O–H groups in total. The number of carbonyl (C=O) groups excluding carboxylic acids is 1. The Bertz CT molecular complexity index is 845. The standard InChI is InChI=1S/C17H23N7O3/c18-15-14(10-20-24(15)7-8-25)21-12-4-3-11(9-13(12)22-17(19)27)16(26)23-5-1-2-6-23/h3-4,9-10,25-26H,1-2,5-8,18H2,(H3,19,22,27). The molecule has 27 heavy (non-hydrogen) atoms. The van der Waals surface area contributed by atoms with Gasteiger partial charge in [-0.2, -0.15) is 5.10 Å². The summed E-state index contributed by atoms with van der Waals surface area (Å²) in [6, 6.07) is -0.742. The molecule has 1 aromatic heterocycles. The van der Waals surface area contributed by atoms with Crippen molar-refractivity contribution < 1.29 is 15.0 Å². The van der Waals surface area contributed by atoms with Crippen molar-refractivity contribution in [1.82, 2.24) is 20.0 Å². The van der Waals surface area contributed by atoms with Crippen LogP contribution in [0, 0.1) is 0 Å². The van der Waals surface area contributed by atoms with Crippen LogP contribution in [0.5, 0.6) is 0 Å². The Morgan fingerprint density at radius 1 is 1.33 bits per heavy atom. The van der Waals surface area contributed by atoms with Crippen LogP contribution in [0.15, 0.2) is 46.6 Å². The van der Waals surface area contributed by atoms with E-state index in [0.717, 1.165) is 25.9 Å². The molecule has 1 saturated heterocycles. The molecule has 1 fully saturated rings. The van der Waals surface area contributed by atoms with Crippen molar-refractivity contribution in [2.45, 2.75) is 19.4 Å². The van der Waals surface area contributed by atoms with Gasteiger partial charge in [0, 0.05) is 18.7 Å². The fraction of sp³-hybridized carbons (Fsp3) is 0.353. The number of hydrogen-bond acceptors (Lipinski definition) is 7. The topological polar surface area (TPSA) is 155 Å². The lowest BCUT2D eigenvalue weighted by Crippen LogP contribution is -2.32. The van der Waals surface area contributed by atoms with Gasteiger partial charge in [0.25, 0.3) is 0 Å². The summed E-state index contributed by atoms with van der Waals surface area (Å²) in [4.78, 5) is 17.7. The van der Waals surface area contributed by atoms with Gasteiger partial charge in [0.05, 0.1) is 30.8 Å². The van der Waals surface area contributed by atoms with Crippen LogP contribution in [0.1, 0.15) is 12.8 Å². The average molecular weight is 373 g/mol. The monoisotopic (exact) mass is 373 g/mol. The first kappa shape index (κ1) is 18.5. The number of carbonyl (C=O) groups is 1. The van der Waals surface area contributed by atoms with Crippen molar-refractivity contribution in [2.75, 3.05) is 25.4 Å². The van der Waals surface area contributed by atoms with E-state index in [4.69, 9.17) is 16.6 Å². The second-order valence-electron chi connectivity index (χ2n) is 6.21. The van der Waals surface area contributed by atoms with Gasteiger partial charge < -0.3 is 31.9 Å². The highest BCUT2D eigenvalue weighted by Gasteiger charge is 2.20. The van der Waals surface area contributed by atoms with Crippen LogP contribution in [0.2, 0.25) is 0 Å². The third-order valence-corrected chi connectivity index (χ3v) is 4.33. The molecule has 3 rings (SSSR count). The van der Waals surface area contributed by atoms with Crippen LogP contribution in [-0.2, 0) is 6.54 Å². The summed E-state index contributed by atoms with van der Waals surface area (Å²) >= 11 is 0. The number of nitrogens with two attached hydrogens (primary N) is 2. The number of urea groups is 1.